The van der Waals surface area contributed by atoms with Crippen LogP contribution in [-0.2, 0) is 22.7 Å². The van der Waals surface area contributed by atoms with Crippen molar-refractivity contribution in [3.63, 3.8) is 0 Å². The van der Waals surface area contributed by atoms with Crippen molar-refractivity contribution in [2.45, 2.75) is 18.3 Å². The van der Waals surface area contributed by atoms with E-state index in [0.29, 0.717) is 35.6 Å². The predicted molar refractivity (Wildman–Crippen MR) is 114 cm³/mol. The van der Waals surface area contributed by atoms with Crippen LogP contribution in [0.1, 0.15) is 11.4 Å². The number of thioether (sulfide) groups is 1. The quantitative estimate of drug-likeness (QED) is 0.497. The molecule has 8 nitrogen and oxygen atoms in total. The molecule has 158 valence electrons. The first-order valence-electron chi connectivity index (χ1n) is 9.26. The molecule has 1 N–H and O–H groups in total. The van der Waals surface area contributed by atoms with E-state index < -0.39 is 0 Å². The molecule has 3 aromatic rings. The lowest BCUT2D eigenvalue weighted by Gasteiger charge is -2.13. The minimum absolute atomic E-state index is 0.124. The molecule has 0 fully saturated rings. The molecule has 0 atom stereocenters. The summed E-state index contributed by atoms with van der Waals surface area (Å²) < 4.78 is 17.8. The van der Waals surface area contributed by atoms with Crippen LogP contribution in [0.25, 0.3) is 5.69 Å². The van der Waals surface area contributed by atoms with Crippen molar-refractivity contribution in [2.24, 2.45) is 0 Å². The van der Waals surface area contributed by atoms with Gasteiger partial charge in [0.25, 0.3) is 0 Å². The van der Waals surface area contributed by atoms with Gasteiger partial charge in [-0.05, 0) is 18.2 Å². The third-order valence-corrected chi connectivity index (χ3v) is 5.21. The smallest absolute Gasteiger partial charge is 0.230 e. The zero-order valence-electron chi connectivity index (χ0n) is 17.1. The topological polar surface area (TPSA) is 87.5 Å². The second-order valence-electron chi connectivity index (χ2n) is 6.22. The lowest BCUT2D eigenvalue weighted by Crippen LogP contribution is -2.25. The first kappa shape index (κ1) is 21.7. The van der Waals surface area contributed by atoms with Crippen LogP contribution in [0.5, 0.6) is 11.5 Å². The molecule has 0 unspecified atom stereocenters. The molecule has 1 amide bonds. The molecule has 1 heterocycles. The molecule has 0 saturated heterocycles. The van der Waals surface area contributed by atoms with Gasteiger partial charge < -0.3 is 19.5 Å². The molecule has 3 rings (SSSR count). The number of rotatable bonds is 10. The molecule has 0 bridgehead atoms. The van der Waals surface area contributed by atoms with Crippen molar-refractivity contribution in [3.8, 4) is 17.2 Å². The number of carbonyl (C=O) groups is 1. The van der Waals surface area contributed by atoms with Gasteiger partial charge in [0.15, 0.2) is 22.5 Å². The Kier molecular flexibility index (Phi) is 7.69. The molecule has 0 aliphatic heterocycles. The number of para-hydroxylation sites is 2. The monoisotopic (exact) mass is 428 g/mol. The van der Waals surface area contributed by atoms with Gasteiger partial charge >= 0.3 is 0 Å². The Labute approximate surface area is 179 Å². The molecule has 0 aliphatic carbocycles. The van der Waals surface area contributed by atoms with E-state index in [-0.39, 0.29) is 11.7 Å². The fourth-order valence-corrected chi connectivity index (χ4v) is 3.72. The molecule has 2 aromatic carbocycles. The highest BCUT2D eigenvalue weighted by Crippen LogP contribution is 2.30. The fraction of sp³-hybridized carbons (Fsp3) is 0.286. The van der Waals surface area contributed by atoms with Gasteiger partial charge in [0, 0.05) is 24.9 Å². The number of nitrogens with one attached hydrogen (secondary N) is 1. The summed E-state index contributed by atoms with van der Waals surface area (Å²) in [4.78, 5) is 12.4. The highest BCUT2D eigenvalue weighted by molar-refractivity contribution is 7.99. The van der Waals surface area contributed by atoms with Gasteiger partial charge in [-0.1, -0.05) is 42.1 Å². The summed E-state index contributed by atoms with van der Waals surface area (Å²) >= 11 is 1.32. The minimum Gasteiger partial charge on any atom is -0.493 e. The van der Waals surface area contributed by atoms with Gasteiger partial charge in [0.2, 0.25) is 5.91 Å². The SMILES string of the molecule is COCc1nnc(SCC(=O)NCc2cccc(OC)c2OC)n1-c1ccccc1. The van der Waals surface area contributed by atoms with Crippen molar-refractivity contribution in [1.82, 2.24) is 20.1 Å². The van der Waals surface area contributed by atoms with Gasteiger partial charge in [-0.25, -0.2) is 0 Å². The molecule has 30 heavy (non-hydrogen) atoms. The molecule has 9 heteroatoms. The van der Waals surface area contributed by atoms with Crippen LogP contribution in [-0.4, -0.2) is 47.8 Å². The van der Waals surface area contributed by atoms with Gasteiger partial charge in [-0.15, -0.1) is 10.2 Å². The van der Waals surface area contributed by atoms with Crippen LogP contribution < -0.4 is 14.8 Å². The molecule has 0 spiro atoms. The highest BCUT2D eigenvalue weighted by atomic mass is 32.2. The maximum atomic E-state index is 12.4. The normalized spacial score (nSPS) is 10.6. The first-order valence-corrected chi connectivity index (χ1v) is 10.2. The van der Waals surface area contributed by atoms with Crippen LogP contribution in [0.3, 0.4) is 0 Å². The maximum absolute atomic E-state index is 12.4. The van der Waals surface area contributed by atoms with Crippen LogP contribution >= 0.6 is 11.8 Å². The van der Waals surface area contributed by atoms with Crippen molar-refractivity contribution in [3.05, 3.63) is 59.9 Å². The second-order valence-corrected chi connectivity index (χ2v) is 7.16. The molecular weight excluding hydrogens is 404 g/mol. The van der Waals surface area contributed by atoms with Gasteiger partial charge in [-0.2, -0.15) is 0 Å². The maximum Gasteiger partial charge on any atom is 0.230 e. The summed E-state index contributed by atoms with van der Waals surface area (Å²) in [5.41, 5.74) is 1.75. The van der Waals surface area contributed by atoms with E-state index in [4.69, 9.17) is 14.2 Å². The number of benzene rings is 2. The standard InChI is InChI=1S/C21H24N4O4S/c1-27-13-18-23-24-21(25(18)16-9-5-4-6-10-16)30-14-19(26)22-12-15-8-7-11-17(28-2)20(15)29-3/h4-11H,12-14H2,1-3H3,(H,22,26). The second kappa shape index (κ2) is 10.7. The number of aromatic nitrogens is 3. The lowest BCUT2D eigenvalue weighted by molar-refractivity contribution is -0.118. The summed E-state index contributed by atoms with van der Waals surface area (Å²) in [7, 11) is 4.77. The van der Waals surface area contributed by atoms with Crippen molar-refractivity contribution >= 4 is 17.7 Å². The zero-order chi connectivity index (χ0) is 21.3. The largest absolute Gasteiger partial charge is 0.493 e. The summed E-state index contributed by atoms with van der Waals surface area (Å²) in [6.45, 7) is 0.657. The van der Waals surface area contributed by atoms with Crippen LogP contribution in [0.15, 0.2) is 53.7 Å². The van der Waals surface area contributed by atoms with E-state index in [1.807, 2.05) is 53.1 Å². The van der Waals surface area contributed by atoms with E-state index in [0.717, 1.165) is 11.3 Å². The van der Waals surface area contributed by atoms with Gasteiger partial charge in [-0.3, -0.25) is 9.36 Å². The molecule has 0 aliphatic rings. The summed E-state index contributed by atoms with van der Waals surface area (Å²) in [6.07, 6.45) is 0. The lowest BCUT2D eigenvalue weighted by atomic mass is 10.2. The highest BCUT2D eigenvalue weighted by Gasteiger charge is 2.16. The van der Waals surface area contributed by atoms with Crippen LogP contribution in [0.2, 0.25) is 0 Å². The molecule has 0 radical (unpaired) electrons. The Hall–Kier alpha value is -3.04. The zero-order valence-corrected chi connectivity index (χ0v) is 17.9. The molecule has 1 aromatic heterocycles. The third-order valence-electron chi connectivity index (χ3n) is 4.28. The third kappa shape index (κ3) is 5.11. The Bertz CT molecular complexity index is 978. The van der Waals surface area contributed by atoms with Gasteiger partial charge in [0.05, 0.1) is 20.0 Å². The average molecular weight is 429 g/mol. The minimum atomic E-state index is -0.124. The number of ether oxygens (including phenoxy) is 3. The number of hydrogen-bond donors (Lipinski definition) is 1. The average Bonchev–Trinajstić information content (AvgIpc) is 3.19. The summed E-state index contributed by atoms with van der Waals surface area (Å²) in [6, 6.07) is 15.3. The van der Waals surface area contributed by atoms with E-state index in [9.17, 15) is 4.79 Å². The van der Waals surface area contributed by atoms with Crippen molar-refractivity contribution in [1.29, 1.82) is 0 Å². The number of nitrogens with zero attached hydrogens (tertiary/aromatic N) is 3. The fourth-order valence-electron chi connectivity index (χ4n) is 2.92. The van der Waals surface area contributed by atoms with E-state index in [1.165, 1.54) is 11.8 Å². The Balaban J connectivity index is 1.66. The number of methoxy groups -OCH3 is 3. The summed E-state index contributed by atoms with van der Waals surface area (Å²) in [5, 5.41) is 12.0. The van der Waals surface area contributed by atoms with E-state index >= 15 is 0 Å². The number of amides is 1. The molecular formula is C21H24N4O4S. The van der Waals surface area contributed by atoms with Crippen LogP contribution in [0.4, 0.5) is 0 Å². The van der Waals surface area contributed by atoms with Crippen molar-refractivity contribution in [2.75, 3.05) is 27.1 Å². The first-order chi connectivity index (χ1) is 14.7. The predicted octanol–water partition coefficient (Wildman–Crippen LogP) is 2.84. The Morgan fingerprint density at radius 2 is 1.83 bits per heavy atom. The number of carbonyl (C=O) groups excluding carboxylic acids is 1. The Morgan fingerprint density at radius 1 is 1.03 bits per heavy atom. The van der Waals surface area contributed by atoms with E-state index in [2.05, 4.69) is 15.5 Å². The van der Waals surface area contributed by atoms with Crippen molar-refractivity contribution < 1.29 is 19.0 Å². The Morgan fingerprint density at radius 3 is 2.53 bits per heavy atom. The summed E-state index contributed by atoms with van der Waals surface area (Å²) in [5.74, 6) is 1.99. The van der Waals surface area contributed by atoms with Crippen LogP contribution in [0, 0.1) is 0 Å². The molecule has 0 saturated carbocycles. The van der Waals surface area contributed by atoms with Gasteiger partial charge in [0.1, 0.15) is 6.61 Å². The van der Waals surface area contributed by atoms with E-state index in [1.54, 1.807) is 21.3 Å². The number of hydrogen-bond acceptors (Lipinski definition) is 7.